The quantitative estimate of drug-likeness (QED) is 0.782. The third kappa shape index (κ3) is 4.99. The minimum Gasteiger partial charge on any atom is -0.352 e. The maximum Gasteiger partial charge on any atom is 0.416 e. The number of carbonyl (C=O) groups excluding carboxylic acids is 1. The number of rotatable bonds is 5. The first-order valence-corrected chi connectivity index (χ1v) is 10.2. The number of pyridine rings is 1. The summed E-state index contributed by atoms with van der Waals surface area (Å²) in [6, 6.07) is 7.13. The van der Waals surface area contributed by atoms with Gasteiger partial charge in [-0.25, -0.2) is 0 Å². The van der Waals surface area contributed by atoms with Crippen LogP contribution in [-0.4, -0.2) is 35.4 Å². The number of hydrogen-bond acceptors (Lipinski definition) is 4. The molecule has 0 radical (unpaired) electrons. The molecule has 1 aromatic carbocycles. The predicted octanol–water partition coefficient (Wildman–Crippen LogP) is 3.35. The number of nitrogens with zero attached hydrogens (tertiary/aromatic N) is 2. The number of amides is 1. The van der Waals surface area contributed by atoms with E-state index >= 15 is 0 Å². The zero-order valence-corrected chi connectivity index (χ0v) is 16.6. The molecule has 30 heavy (non-hydrogen) atoms. The van der Waals surface area contributed by atoms with Crippen molar-refractivity contribution in [2.24, 2.45) is 5.92 Å². The van der Waals surface area contributed by atoms with Crippen molar-refractivity contribution in [2.75, 3.05) is 19.6 Å². The van der Waals surface area contributed by atoms with E-state index in [2.05, 4.69) is 20.5 Å². The van der Waals surface area contributed by atoms with Crippen molar-refractivity contribution in [3.05, 3.63) is 64.5 Å². The van der Waals surface area contributed by atoms with Gasteiger partial charge in [0.2, 0.25) is 0 Å². The molecule has 2 aromatic rings. The second kappa shape index (κ2) is 8.73. The van der Waals surface area contributed by atoms with E-state index < -0.39 is 11.7 Å². The smallest absolute Gasteiger partial charge is 0.352 e. The molecule has 2 N–H and O–H groups in total. The van der Waals surface area contributed by atoms with Crippen LogP contribution in [0.1, 0.15) is 45.6 Å². The largest absolute Gasteiger partial charge is 0.416 e. The topological polar surface area (TPSA) is 57.3 Å². The molecule has 2 aliphatic rings. The number of alkyl halides is 3. The maximum absolute atomic E-state index is 12.7. The Kier molecular flexibility index (Phi) is 6.06. The summed E-state index contributed by atoms with van der Waals surface area (Å²) < 4.78 is 38.1. The fraction of sp³-hybridized carbons (Fsp3) is 0.455. The van der Waals surface area contributed by atoms with Crippen LogP contribution < -0.4 is 10.6 Å². The molecule has 0 aliphatic carbocycles. The van der Waals surface area contributed by atoms with Crippen LogP contribution in [0.25, 0.3) is 0 Å². The monoisotopic (exact) mass is 418 g/mol. The zero-order chi connectivity index (χ0) is 21.1. The van der Waals surface area contributed by atoms with E-state index in [0.29, 0.717) is 37.7 Å². The average Bonchev–Trinajstić information content (AvgIpc) is 3.14. The van der Waals surface area contributed by atoms with Crippen molar-refractivity contribution < 1.29 is 18.0 Å². The lowest BCUT2D eigenvalue weighted by Gasteiger charge is -2.22. The van der Waals surface area contributed by atoms with Crippen molar-refractivity contribution in [1.29, 1.82) is 0 Å². The molecule has 1 saturated heterocycles. The Morgan fingerprint density at radius 1 is 1.17 bits per heavy atom. The molecule has 4 rings (SSSR count). The Labute approximate surface area is 173 Å². The SMILES string of the molecule is O=C(NCC1CCNCC1)c1cnc2c(c1)CN(Cc1ccc(C(F)(F)F)cc1)C2. The summed E-state index contributed by atoms with van der Waals surface area (Å²) in [6.07, 6.45) is -0.571. The highest BCUT2D eigenvalue weighted by atomic mass is 19.4. The van der Waals surface area contributed by atoms with E-state index in [-0.39, 0.29) is 5.91 Å². The molecule has 0 saturated carbocycles. The molecule has 1 fully saturated rings. The Morgan fingerprint density at radius 2 is 1.90 bits per heavy atom. The van der Waals surface area contributed by atoms with Crippen LogP contribution >= 0.6 is 0 Å². The number of fused-ring (bicyclic) bond motifs is 1. The number of aromatic nitrogens is 1. The van der Waals surface area contributed by atoms with Crippen molar-refractivity contribution in [3.8, 4) is 0 Å². The molecule has 1 amide bonds. The molecule has 1 aromatic heterocycles. The number of hydrogen-bond donors (Lipinski definition) is 2. The number of halogens is 3. The molecule has 0 atom stereocenters. The van der Waals surface area contributed by atoms with Gasteiger partial charge in [0, 0.05) is 32.4 Å². The molecule has 3 heterocycles. The summed E-state index contributed by atoms with van der Waals surface area (Å²) in [5, 5.41) is 6.33. The fourth-order valence-electron chi connectivity index (χ4n) is 4.04. The highest BCUT2D eigenvalue weighted by Gasteiger charge is 2.30. The number of piperidine rings is 1. The van der Waals surface area contributed by atoms with Gasteiger partial charge in [-0.2, -0.15) is 13.2 Å². The summed E-state index contributed by atoms with van der Waals surface area (Å²) in [6.45, 7) is 4.45. The van der Waals surface area contributed by atoms with E-state index in [1.807, 2.05) is 6.07 Å². The van der Waals surface area contributed by atoms with Gasteiger partial charge in [0.25, 0.3) is 5.91 Å². The average molecular weight is 418 g/mol. The minimum absolute atomic E-state index is 0.106. The molecule has 8 heteroatoms. The van der Waals surface area contributed by atoms with Crippen LogP contribution in [0.3, 0.4) is 0 Å². The van der Waals surface area contributed by atoms with E-state index in [4.69, 9.17) is 0 Å². The Hall–Kier alpha value is -2.45. The molecule has 160 valence electrons. The molecular weight excluding hydrogens is 393 g/mol. The first-order chi connectivity index (χ1) is 14.4. The zero-order valence-electron chi connectivity index (χ0n) is 16.6. The van der Waals surface area contributed by atoms with Crippen molar-refractivity contribution in [3.63, 3.8) is 0 Å². The first-order valence-electron chi connectivity index (χ1n) is 10.2. The van der Waals surface area contributed by atoms with Gasteiger partial charge in [-0.1, -0.05) is 12.1 Å². The molecule has 5 nitrogen and oxygen atoms in total. The summed E-state index contributed by atoms with van der Waals surface area (Å²) in [5.41, 5.74) is 2.64. The minimum atomic E-state index is -4.32. The van der Waals surface area contributed by atoms with Gasteiger partial charge in [-0.05, 0) is 61.2 Å². The predicted molar refractivity (Wildman–Crippen MR) is 107 cm³/mol. The summed E-state index contributed by atoms with van der Waals surface area (Å²) >= 11 is 0. The second-order valence-corrected chi connectivity index (χ2v) is 8.07. The third-order valence-electron chi connectivity index (χ3n) is 5.79. The van der Waals surface area contributed by atoms with Gasteiger partial charge >= 0.3 is 6.18 Å². The maximum atomic E-state index is 12.7. The van der Waals surface area contributed by atoms with E-state index in [1.165, 1.54) is 12.1 Å². The van der Waals surface area contributed by atoms with Crippen LogP contribution in [0.4, 0.5) is 13.2 Å². The molecule has 2 aliphatic heterocycles. The Balaban J connectivity index is 1.33. The highest BCUT2D eigenvalue weighted by molar-refractivity contribution is 5.94. The lowest BCUT2D eigenvalue weighted by molar-refractivity contribution is -0.137. The number of nitrogens with one attached hydrogen (secondary N) is 2. The molecule has 0 bridgehead atoms. The van der Waals surface area contributed by atoms with Crippen LogP contribution in [0.5, 0.6) is 0 Å². The van der Waals surface area contributed by atoms with Crippen molar-refractivity contribution >= 4 is 5.91 Å². The van der Waals surface area contributed by atoms with E-state index in [0.717, 1.165) is 54.9 Å². The Bertz CT molecular complexity index is 892. The Morgan fingerprint density at radius 3 is 2.60 bits per heavy atom. The standard InChI is InChI=1S/C22H25F3N4O/c23-22(24,25)19-3-1-16(2-4-19)12-29-13-18-9-17(11-27-20(18)14-29)21(30)28-10-15-5-7-26-8-6-15/h1-4,9,11,15,26H,5-8,10,12-14H2,(H,28,30). The van der Waals surface area contributed by atoms with Crippen LogP contribution in [0, 0.1) is 5.92 Å². The summed E-state index contributed by atoms with van der Waals surface area (Å²) in [5.74, 6) is 0.404. The van der Waals surface area contributed by atoms with Crippen LogP contribution in [0.15, 0.2) is 36.5 Å². The highest BCUT2D eigenvalue weighted by Crippen LogP contribution is 2.30. The third-order valence-corrected chi connectivity index (χ3v) is 5.79. The van der Waals surface area contributed by atoms with Gasteiger partial charge in [0.05, 0.1) is 16.8 Å². The normalized spacial score (nSPS) is 17.7. The first kappa shape index (κ1) is 20.8. The fourth-order valence-corrected chi connectivity index (χ4v) is 4.04. The van der Waals surface area contributed by atoms with Gasteiger partial charge in [-0.3, -0.25) is 14.7 Å². The van der Waals surface area contributed by atoms with Crippen molar-refractivity contribution in [2.45, 2.75) is 38.7 Å². The van der Waals surface area contributed by atoms with Gasteiger partial charge in [-0.15, -0.1) is 0 Å². The van der Waals surface area contributed by atoms with Crippen LogP contribution in [-0.2, 0) is 25.8 Å². The lowest BCUT2D eigenvalue weighted by atomic mass is 9.98. The van der Waals surface area contributed by atoms with Crippen LogP contribution in [0.2, 0.25) is 0 Å². The number of carbonyl (C=O) groups is 1. The molecule has 0 unspecified atom stereocenters. The van der Waals surface area contributed by atoms with Gasteiger partial charge < -0.3 is 10.6 Å². The summed E-state index contributed by atoms with van der Waals surface area (Å²) in [7, 11) is 0. The van der Waals surface area contributed by atoms with Crippen molar-refractivity contribution in [1.82, 2.24) is 20.5 Å². The van der Waals surface area contributed by atoms with E-state index in [1.54, 1.807) is 6.20 Å². The lowest BCUT2D eigenvalue weighted by Crippen LogP contribution is -2.36. The number of benzene rings is 1. The van der Waals surface area contributed by atoms with E-state index in [9.17, 15) is 18.0 Å². The molecular formula is C22H25F3N4O. The van der Waals surface area contributed by atoms with Gasteiger partial charge in [0.1, 0.15) is 0 Å². The second-order valence-electron chi connectivity index (χ2n) is 8.07. The van der Waals surface area contributed by atoms with Gasteiger partial charge in [0.15, 0.2) is 0 Å². The summed E-state index contributed by atoms with van der Waals surface area (Å²) in [4.78, 5) is 19.1. The molecule has 0 spiro atoms.